The molecule has 1 aliphatic rings. The van der Waals surface area contributed by atoms with Crippen LogP contribution in [0.15, 0.2) is 47.4 Å². The van der Waals surface area contributed by atoms with Gasteiger partial charge < -0.3 is 20.4 Å². The molecule has 0 fully saturated rings. The topological polar surface area (TPSA) is 124 Å². The molecular formula is C23H22F6N2O6S. The van der Waals surface area contributed by atoms with Crippen LogP contribution in [0.2, 0.25) is 0 Å². The predicted molar refractivity (Wildman–Crippen MR) is 120 cm³/mol. The van der Waals surface area contributed by atoms with Gasteiger partial charge >= 0.3 is 12.4 Å². The van der Waals surface area contributed by atoms with E-state index in [-0.39, 0.29) is 29.1 Å². The standard InChI is InChI=1S/C23H22F6N2O6S/c1-3-17(32)20(34)31-11-12-10-15(38(2,36)37)8-9-16(12)18(31)19(33)30-14-6-4-13(5-7-14)21(35,22(24,25)26)23(27,28)29/h4-10,17-18,32,35H,3,11H2,1-2H3,(H,30,33)/t17-,18-/m0/s1. The van der Waals surface area contributed by atoms with Crippen LogP contribution in [0.3, 0.4) is 0 Å². The Balaban J connectivity index is 1.96. The van der Waals surface area contributed by atoms with Crippen LogP contribution in [0.4, 0.5) is 32.0 Å². The predicted octanol–water partition coefficient (Wildman–Crippen LogP) is 3.20. The SMILES string of the molecule is CC[C@H](O)C(=O)N1Cc2cc(S(C)(=O)=O)ccc2[C@H]1C(=O)Nc1ccc(C(O)(C(F)(F)F)C(F)(F)F)cc1. The van der Waals surface area contributed by atoms with Gasteiger partial charge in [0.25, 0.3) is 17.4 Å². The van der Waals surface area contributed by atoms with Crippen molar-refractivity contribution in [3.8, 4) is 0 Å². The van der Waals surface area contributed by atoms with E-state index in [9.17, 15) is 54.6 Å². The van der Waals surface area contributed by atoms with Gasteiger partial charge in [-0.15, -0.1) is 0 Å². The Morgan fingerprint density at radius 2 is 1.61 bits per heavy atom. The number of carbonyl (C=O) groups excluding carboxylic acids is 2. The largest absolute Gasteiger partial charge is 0.430 e. The van der Waals surface area contributed by atoms with E-state index in [4.69, 9.17) is 0 Å². The first kappa shape index (κ1) is 29.4. The van der Waals surface area contributed by atoms with Gasteiger partial charge in [0.15, 0.2) is 9.84 Å². The minimum absolute atomic E-state index is 0.00259. The molecule has 2 aromatic rings. The van der Waals surface area contributed by atoms with Gasteiger partial charge in [-0.25, -0.2) is 8.42 Å². The number of aliphatic hydroxyl groups excluding tert-OH is 1. The van der Waals surface area contributed by atoms with E-state index in [0.29, 0.717) is 29.8 Å². The number of sulfone groups is 1. The first-order valence-corrected chi connectivity index (χ1v) is 12.8. The van der Waals surface area contributed by atoms with Crippen molar-refractivity contribution in [1.82, 2.24) is 4.90 Å². The van der Waals surface area contributed by atoms with Gasteiger partial charge in [-0.1, -0.05) is 25.1 Å². The van der Waals surface area contributed by atoms with E-state index >= 15 is 0 Å². The molecule has 0 bridgehead atoms. The summed E-state index contributed by atoms with van der Waals surface area (Å²) in [4.78, 5) is 26.8. The third-order valence-corrected chi connectivity index (χ3v) is 7.19. The van der Waals surface area contributed by atoms with Crippen molar-refractivity contribution in [2.75, 3.05) is 11.6 Å². The lowest BCUT2D eigenvalue weighted by Crippen LogP contribution is -2.53. The molecule has 1 aliphatic heterocycles. The quantitative estimate of drug-likeness (QED) is 0.460. The van der Waals surface area contributed by atoms with E-state index in [1.165, 1.54) is 25.1 Å². The summed E-state index contributed by atoms with van der Waals surface area (Å²) in [6.45, 7) is 1.27. The molecule has 3 rings (SSSR count). The average Bonchev–Trinajstić information content (AvgIpc) is 3.20. The molecule has 0 spiro atoms. The van der Waals surface area contributed by atoms with Crippen molar-refractivity contribution < 1.29 is 54.6 Å². The van der Waals surface area contributed by atoms with Crippen LogP contribution in [0.25, 0.3) is 0 Å². The zero-order valence-electron chi connectivity index (χ0n) is 19.8. The smallest absolute Gasteiger partial charge is 0.383 e. The minimum atomic E-state index is -6.09. The molecule has 3 N–H and O–H groups in total. The zero-order valence-corrected chi connectivity index (χ0v) is 20.6. The second-order valence-electron chi connectivity index (χ2n) is 8.70. The molecule has 2 amide bonds. The third-order valence-electron chi connectivity index (χ3n) is 6.08. The summed E-state index contributed by atoms with van der Waals surface area (Å²) in [7, 11) is -3.64. The number of benzene rings is 2. The number of hydrogen-bond acceptors (Lipinski definition) is 6. The molecule has 2 aromatic carbocycles. The molecule has 0 saturated heterocycles. The number of nitrogens with one attached hydrogen (secondary N) is 1. The van der Waals surface area contributed by atoms with Gasteiger partial charge in [0.05, 0.1) is 4.90 Å². The van der Waals surface area contributed by atoms with Crippen molar-refractivity contribution in [3.05, 3.63) is 59.2 Å². The van der Waals surface area contributed by atoms with Gasteiger partial charge in [0.2, 0.25) is 0 Å². The number of halogens is 6. The van der Waals surface area contributed by atoms with E-state index in [1.807, 2.05) is 0 Å². The monoisotopic (exact) mass is 568 g/mol. The summed E-state index contributed by atoms with van der Waals surface area (Å²) in [6, 6.07) is 4.51. The number of aliphatic hydroxyl groups is 2. The molecule has 0 aromatic heterocycles. The van der Waals surface area contributed by atoms with Crippen LogP contribution in [0, 0.1) is 0 Å². The van der Waals surface area contributed by atoms with Crippen molar-refractivity contribution in [1.29, 1.82) is 0 Å². The highest BCUT2D eigenvalue weighted by Gasteiger charge is 2.71. The summed E-state index contributed by atoms with van der Waals surface area (Å²) in [5.41, 5.74) is -6.43. The molecule has 0 radical (unpaired) electrons. The fourth-order valence-electron chi connectivity index (χ4n) is 4.01. The Morgan fingerprint density at radius 1 is 1.05 bits per heavy atom. The summed E-state index contributed by atoms with van der Waals surface area (Å²) in [5, 5.41) is 21.9. The Morgan fingerprint density at radius 3 is 2.08 bits per heavy atom. The maximum Gasteiger partial charge on any atom is 0.430 e. The summed E-state index contributed by atoms with van der Waals surface area (Å²) in [5.74, 6) is -1.78. The molecule has 15 heteroatoms. The van der Waals surface area contributed by atoms with Crippen LogP contribution in [0.5, 0.6) is 0 Å². The molecule has 0 unspecified atom stereocenters. The lowest BCUT2D eigenvalue weighted by atomic mass is 9.92. The summed E-state index contributed by atoms with van der Waals surface area (Å²) >= 11 is 0. The molecule has 38 heavy (non-hydrogen) atoms. The van der Waals surface area contributed by atoms with Gasteiger partial charge in [0.1, 0.15) is 12.1 Å². The number of rotatable bonds is 6. The second kappa shape index (κ2) is 9.85. The first-order valence-electron chi connectivity index (χ1n) is 10.9. The Kier molecular flexibility index (Phi) is 7.62. The number of anilines is 1. The lowest BCUT2D eigenvalue weighted by molar-refractivity contribution is -0.376. The zero-order chi connectivity index (χ0) is 28.8. The van der Waals surface area contributed by atoms with Crippen molar-refractivity contribution in [2.24, 2.45) is 0 Å². The fraction of sp³-hybridized carbons (Fsp3) is 0.391. The number of fused-ring (bicyclic) bond motifs is 1. The first-order chi connectivity index (χ1) is 17.3. The highest BCUT2D eigenvalue weighted by atomic mass is 32.2. The highest BCUT2D eigenvalue weighted by molar-refractivity contribution is 7.90. The van der Waals surface area contributed by atoms with E-state index in [2.05, 4.69) is 5.32 Å². The molecule has 8 nitrogen and oxygen atoms in total. The molecule has 2 atom stereocenters. The Labute approximate surface area is 212 Å². The lowest BCUT2D eigenvalue weighted by Gasteiger charge is -2.32. The fourth-order valence-corrected chi connectivity index (χ4v) is 4.68. The molecule has 0 saturated carbocycles. The maximum absolute atomic E-state index is 13.2. The molecule has 0 aliphatic carbocycles. The summed E-state index contributed by atoms with van der Waals surface area (Å²) < 4.78 is 103. The van der Waals surface area contributed by atoms with E-state index in [1.54, 1.807) is 0 Å². The van der Waals surface area contributed by atoms with Crippen LogP contribution in [-0.2, 0) is 31.6 Å². The number of carbonyl (C=O) groups is 2. The van der Waals surface area contributed by atoms with Crippen LogP contribution in [0.1, 0.15) is 36.1 Å². The highest BCUT2D eigenvalue weighted by Crippen LogP contribution is 2.50. The Hall–Kier alpha value is -3.17. The average molecular weight is 568 g/mol. The van der Waals surface area contributed by atoms with Crippen molar-refractivity contribution in [3.63, 3.8) is 0 Å². The second-order valence-corrected chi connectivity index (χ2v) is 10.7. The van der Waals surface area contributed by atoms with E-state index in [0.717, 1.165) is 11.2 Å². The summed E-state index contributed by atoms with van der Waals surface area (Å²) in [6.07, 6.45) is -12.7. The minimum Gasteiger partial charge on any atom is -0.383 e. The van der Waals surface area contributed by atoms with Gasteiger partial charge in [0, 0.05) is 24.1 Å². The van der Waals surface area contributed by atoms with Crippen LogP contribution >= 0.6 is 0 Å². The molecular weight excluding hydrogens is 546 g/mol. The number of alkyl halides is 6. The van der Waals surface area contributed by atoms with E-state index < -0.39 is 57.3 Å². The van der Waals surface area contributed by atoms with Gasteiger partial charge in [-0.05, 0) is 41.8 Å². The maximum atomic E-state index is 13.2. The van der Waals surface area contributed by atoms with Crippen molar-refractivity contribution >= 4 is 27.3 Å². The number of hydrogen-bond donors (Lipinski definition) is 3. The van der Waals surface area contributed by atoms with Crippen LogP contribution < -0.4 is 5.32 Å². The van der Waals surface area contributed by atoms with Crippen LogP contribution in [-0.4, -0.2) is 60.1 Å². The molecule has 1 heterocycles. The number of nitrogens with zero attached hydrogens (tertiary/aromatic N) is 1. The number of amides is 2. The normalized spacial score (nSPS) is 17.2. The third kappa shape index (κ3) is 5.22. The molecule has 208 valence electrons. The van der Waals surface area contributed by atoms with Gasteiger partial charge in [-0.3, -0.25) is 9.59 Å². The van der Waals surface area contributed by atoms with Gasteiger partial charge in [-0.2, -0.15) is 26.3 Å². The Bertz CT molecular complexity index is 1330. The van der Waals surface area contributed by atoms with Crippen molar-refractivity contribution in [2.45, 2.75) is 54.9 Å².